The lowest BCUT2D eigenvalue weighted by atomic mass is 10.1. The van der Waals surface area contributed by atoms with E-state index in [-0.39, 0.29) is 5.91 Å². The third kappa shape index (κ3) is 5.10. The van der Waals surface area contributed by atoms with E-state index in [0.717, 1.165) is 15.6 Å². The molecule has 0 unspecified atom stereocenters. The molecule has 0 aliphatic carbocycles. The van der Waals surface area contributed by atoms with E-state index in [1.165, 1.54) is 28.8 Å². The lowest BCUT2D eigenvalue weighted by Crippen LogP contribution is -2.27. The number of hydrogen-bond acceptors (Lipinski definition) is 5. The zero-order valence-corrected chi connectivity index (χ0v) is 19.7. The first-order chi connectivity index (χ1) is 13.9. The van der Waals surface area contributed by atoms with Crippen LogP contribution in [0.2, 0.25) is 0 Å². The fourth-order valence-corrected chi connectivity index (χ4v) is 4.82. The first kappa shape index (κ1) is 22.0. The minimum Gasteiger partial charge on any atom is -0.490 e. The topological polar surface area (TPSA) is 38.8 Å². The maximum atomic E-state index is 13.6. The fraction of sp³-hybridized carbons (Fsp3) is 0.238. The van der Waals surface area contributed by atoms with E-state index in [9.17, 15) is 9.18 Å². The zero-order valence-electron chi connectivity index (χ0n) is 15.9. The van der Waals surface area contributed by atoms with Crippen LogP contribution in [0, 0.1) is 9.39 Å². The molecule has 0 aromatic heterocycles. The van der Waals surface area contributed by atoms with Crippen molar-refractivity contribution in [3.63, 3.8) is 0 Å². The van der Waals surface area contributed by atoms with Gasteiger partial charge in [-0.3, -0.25) is 9.69 Å². The molecule has 0 spiro atoms. The molecule has 1 heterocycles. The van der Waals surface area contributed by atoms with Crippen molar-refractivity contribution >= 4 is 68.6 Å². The molecule has 1 amide bonds. The predicted octanol–water partition coefficient (Wildman–Crippen LogP) is 6.02. The summed E-state index contributed by atoms with van der Waals surface area (Å²) in [6, 6.07) is 9.62. The number of thioether (sulfide) groups is 1. The Labute approximate surface area is 192 Å². The lowest BCUT2D eigenvalue weighted by molar-refractivity contribution is -0.113. The second-order valence-electron chi connectivity index (χ2n) is 6.11. The summed E-state index contributed by atoms with van der Waals surface area (Å²) in [5, 5.41) is 0. The van der Waals surface area contributed by atoms with Crippen LogP contribution in [0.3, 0.4) is 0 Å². The highest BCUT2D eigenvalue weighted by molar-refractivity contribution is 14.1. The molecule has 1 saturated heterocycles. The molecule has 2 aromatic carbocycles. The monoisotopic (exact) mass is 543 g/mol. The molecule has 4 nitrogen and oxygen atoms in total. The smallest absolute Gasteiger partial charge is 0.270 e. The Bertz CT molecular complexity index is 980. The molecule has 0 saturated carbocycles. The third-order valence-corrected chi connectivity index (χ3v) is 6.04. The number of anilines is 1. The van der Waals surface area contributed by atoms with Crippen LogP contribution in [0.4, 0.5) is 10.1 Å². The number of hydrogen-bond donors (Lipinski definition) is 0. The molecule has 3 rings (SSSR count). The summed E-state index contributed by atoms with van der Waals surface area (Å²) >= 11 is 8.75. The molecule has 0 atom stereocenters. The highest BCUT2D eigenvalue weighted by atomic mass is 127. The number of amides is 1. The average Bonchev–Trinajstić information content (AvgIpc) is 2.94. The Morgan fingerprint density at radius 1 is 1.24 bits per heavy atom. The molecule has 1 aliphatic heterocycles. The van der Waals surface area contributed by atoms with E-state index in [0.29, 0.717) is 39.6 Å². The summed E-state index contributed by atoms with van der Waals surface area (Å²) in [6.07, 6.45) is 2.67. The first-order valence-electron chi connectivity index (χ1n) is 9.07. The summed E-state index contributed by atoms with van der Waals surface area (Å²) in [5.74, 6) is 0.655. The number of ether oxygens (including phenoxy) is 2. The van der Waals surface area contributed by atoms with Crippen molar-refractivity contribution in [3.8, 4) is 11.5 Å². The van der Waals surface area contributed by atoms with Crippen LogP contribution in [0.15, 0.2) is 41.3 Å². The molecule has 1 aliphatic rings. The lowest BCUT2D eigenvalue weighted by Gasteiger charge is -2.15. The minimum atomic E-state index is -0.417. The van der Waals surface area contributed by atoms with Gasteiger partial charge >= 0.3 is 0 Å². The van der Waals surface area contributed by atoms with Gasteiger partial charge in [0, 0.05) is 0 Å². The summed E-state index contributed by atoms with van der Waals surface area (Å²) in [5.41, 5.74) is 1.23. The van der Waals surface area contributed by atoms with E-state index in [2.05, 4.69) is 22.6 Å². The van der Waals surface area contributed by atoms with Crippen LogP contribution < -0.4 is 14.4 Å². The third-order valence-electron chi connectivity index (χ3n) is 3.94. The standard InChI is InChI=1S/C21H19FINO3S2/c1-3-8-27-19-16(23)9-13(10-17(19)26-4-2)11-18-20(25)24(21(28)29-18)15-7-5-6-14(22)12-15/h5-7,9-12H,3-4,8H2,1-2H3/b18-11+. The maximum absolute atomic E-state index is 13.6. The van der Waals surface area contributed by atoms with Gasteiger partial charge in [-0.1, -0.05) is 37.0 Å². The Morgan fingerprint density at radius 2 is 2.03 bits per heavy atom. The van der Waals surface area contributed by atoms with E-state index < -0.39 is 5.82 Å². The van der Waals surface area contributed by atoms with Crippen molar-refractivity contribution in [3.05, 3.63) is 56.3 Å². The molecule has 8 heteroatoms. The molecule has 1 fully saturated rings. The number of carbonyl (C=O) groups excluding carboxylic acids is 1. The van der Waals surface area contributed by atoms with Gasteiger partial charge in [-0.25, -0.2) is 4.39 Å². The normalized spacial score (nSPS) is 15.3. The number of benzene rings is 2. The van der Waals surface area contributed by atoms with Gasteiger partial charge in [0.05, 0.1) is 27.4 Å². The SMILES string of the molecule is CCCOc1c(I)cc(/C=C2/SC(=S)N(c3cccc(F)c3)C2=O)cc1OCC. The quantitative estimate of drug-likeness (QED) is 0.243. The fourth-order valence-electron chi connectivity index (χ4n) is 2.74. The van der Waals surface area contributed by atoms with Gasteiger partial charge in [-0.15, -0.1) is 0 Å². The van der Waals surface area contributed by atoms with Crippen LogP contribution in [-0.4, -0.2) is 23.4 Å². The largest absolute Gasteiger partial charge is 0.490 e. The second kappa shape index (κ2) is 9.90. The number of nitrogens with zero attached hydrogens (tertiary/aromatic N) is 1. The van der Waals surface area contributed by atoms with Crippen molar-refractivity contribution in [1.29, 1.82) is 0 Å². The van der Waals surface area contributed by atoms with Crippen molar-refractivity contribution < 1.29 is 18.7 Å². The number of carbonyl (C=O) groups is 1. The van der Waals surface area contributed by atoms with E-state index >= 15 is 0 Å². The van der Waals surface area contributed by atoms with E-state index in [1.54, 1.807) is 18.2 Å². The van der Waals surface area contributed by atoms with Gasteiger partial charge in [0.2, 0.25) is 0 Å². The van der Waals surface area contributed by atoms with Crippen LogP contribution in [-0.2, 0) is 4.79 Å². The summed E-state index contributed by atoms with van der Waals surface area (Å²) in [7, 11) is 0. The Hall–Kier alpha value is -1.65. The molecule has 0 radical (unpaired) electrons. The summed E-state index contributed by atoms with van der Waals surface area (Å²) < 4.78 is 26.4. The van der Waals surface area contributed by atoms with Crippen LogP contribution in [0.5, 0.6) is 11.5 Å². The summed E-state index contributed by atoms with van der Waals surface area (Å²) in [4.78, 5) is 14.7. The van der Waals surface area contributed by atoms with Gasteiger partial charge in [-0.05, 0) is 77.9 Å². The van der Waals surface area contributed by atoms with Crippen LogP contribution in [0.1, 0.15) is 25.8 Å². The molecular weight excluding hydrogens is 524 g/mol. The highest BCUT2D eigenvalue weighted by Crippen LogP contribution is 2.39. The zero-order chi connectivity index (χ0) is 21.0. The van der Waals surface area contributed by atoms with Gasteiger partial charge < -0.3 is 9.47 Å². The number of halogens is 2. The van der Waals surface area contributed by atoms with E-state index in [1.807, 2.05) is 26.0 Å². The number of rotatable bonds is 7. The Balaban J connectivity index is 1.93. The Morgan fingerprint density at radius 3 is 2.72 bits per heavy atom. The van der Waals surface area contributed by atoms with Crippen LogP contribution in [0.25, 0.3) is 6.08 Å². The average molecular weight is 543 g/mol. The minimum absolute atomic E-state index is 0.273. The molecule has 0 N–H and O–H groups in total. The summed E-state index contributed by atoms with van der Waals surface area (Å²) in [6.45, 7) is 5.06. The maximum Gasteiger partial charge on any atom is 0.270 e. The van der Waals surface area contributed by atoms with Gasteiger partial charge in [0.25, 0.3) is 5.91 Å². The molecule has 152 valence electrons. The van der Waals surface area contributed by atoms with E-state index in [4.69, 9.17) is 21.7 Å². The number of thiocarbonyl (C=S) groups is 1. The van der Waals surface area contributed by atoms with Gasteiger partial charge in [-0.2, -0.15) is 0 Å². The second-order valence-corrected chi connectivity index (χ2v) is 8.95. The molecule has 2 aromatic rings. The first-order valence-corrected chi connectivity index (χ1v) is 11.4. The molecule has 29 heavy (non-hydrogen) atoms. The van der Waals surface area contributed by atoms with Gasteiger partial charge in [0.1, 0.15) is 5.82 Å². The van der Waals surface area contributed by atoms with Crippen molar-refractivity contribution in [2.45, 2.75) is 20.3 Å². The Kier molecular flexibility index (Phi) is 7.53. The van der Waals surface area contributed by atoms with Crippen molar-refractivity contribution in [1.82, 2.24) is 0 Å². The van der Waals surface area contributed by atoms with Crippen molar-refractivity contribution in [2.75, 3.05) is 18.1 Å². The predicted molar refractivity (Wildman–Crippen MR) is 128 cm³/mol. The molecule has 0 bridgehead atoms. The van der Waals surface area contributed by atoms with Crippen molar-refractivity contribution in [2.24, 2.45) is 0 Å². The highest BCUT2D eigenvalue weighted by Gasteiger charge is 2.33. The van der Waals surface area contributed by atoms with Gasteiger partial charge in [0.15, 0.2) is 15.8 Å². The molecular formula is C21H19FINO3S2. The van der Waals surface area contributed by atoms with Crippen LogP contribution >= 0.6 is 46.6 Å².